The summed E-state index contributed by atoms with van der Waals surface area (Å²) in [5, 5.41) is 19.1. The Kier molecular flexibility index (Phi) is 11.8. The van der Waals surface area contributed by atoms with Crippen molar-refractivity contribution in [1.82, 2.24) is 35.3 Å². The highest BCUT2D eigenvalue weighted by atomic mass is 35.5. The number of aromatic nitrogens is 6. The normalized spacial score (nSPS) is 14.6. The van der Waals surface area contributed by atoms with E-state index in [0.29, 0.717) is 87.9 Å². The van der Waals surface area contributed by atoms with Crippen molar-refractivity contribution in [2.45, 2.75) is 56.5 Å². The fourth-order valence-corrected chi connectivity index (χ4v) is 7.54. The standard InChI is InChI=1S/C42H40ClF2N9O5S/c1-3-21-60-40-50-36(35-37(51-40)54(53-52-35)24-26-8-11-30(43)12-9-26)46-17-19-57-20-18-47-38(55)28-6-4-5-27(22-28)34-25(2)7-14-33(48-34)49-39(56)41(15-16-41)29-10-13-31-32(23-29)59-42(44,45)58-31/h4-14,22-23H,3,15-21,24H2,1-2H3,(H,47,55)(H,46,50,51)(H,48,49,56). The third kappa shape index (κ3) is 9.12. The van der Waals surface area contributed by atoms with Gasteiger partial charge < -0.3 is 30.2 Å². The van der Waals surface area contributed by atoms with E-state index in [1.165, 1.54) is 12.1 Å². The van der Waals surface area contributed by atoms with Crippen LogP contribution in [0.25, 0.3) is 22.4 Å². The zero-order valence-corrected chi connectivity index (χ0v) is 34.2. The number of carbonyl (C=O) groups is 2. The number of halogens is 3. The molecule has 2 amide bonds. The highest BCUT2D eigenvalue weighted by molar-refractivity contribution is 7.99. The molecule has 14 nitrogen and oxygen atoms in total. The quantitative estimate of drug-likeness (QED) is 0.0467. The Morgan fingerprint density at radius 2 is 1.75 bits per heavy atom. The zero-order valence-electron chi connectivity index (χ0n) is 32.6. The van der Waals surface area contributed by atoms with E-state index in [1.54, 1.807) is 46.8 Å². The number of alkyl halides is 2. The molecule has 1 saturated carbocycles. The molecule has 0 atom stereocenters. The molecule has 0 spiro atoms. The first-order chi connectivity index (χ1) is 29.0. The number of hydrogen-bond acceptors (Lipinski definition) is 12. The molecular weight excluding hydrogens is 816 g/mol. The van der Waals surface area contributed by atoms with Crippen LogP contribution in [-0.2, 0) is 21.5 Å². The summed E-state index contributed by atoms with van der Waals surface area (Å²) in [6.45, 7) is 5.83. The Morgan fingerprint density at radius 1 is 0.950 bits per heavy atom. The maximum Gasteiger partial charge on any atom is 0.586 e. The van der Waals surface area contributed by atoms with Crippen LogP contribution in [-0.4, -0.2) is 80.1 Å². The summed E-state index contributed by atoms with van der Waals surface area (Å²) in [6, 6.07) is 22.6. The van der Waals surface area contributed by atoms with Crippen LogP contribution in [0, 0.1) is 6.92 Å². The lowest BCUT2D eigenvalue weighted by Crippen LogP contribution is -2.28. The number of ether oxygens (including phenoxy) is 3. The predicted molar refractivity (Wildman–Crippen MR) is 223 cm³/mol. The molecule has 0 bridgehead atoms. The van der Waals surface area contributed by atoms with Gasteiger partial charge in [0.25, 0.3) is 5.91 Å². The Morgan fingerprint density at radius 3 is 2.55 bits per heavy atom. The molecule has 60 heavy (non-hydrogen) atoms. The average Bonchev–Trinajstić information content (AvgIpc) is 3.87. The molecule has 1 aliphatic carbocycles. The van der Waals surface area contributed by atoms with Crippen LogP contribution in [0.3, 0.4) is 0 Å². The van der Waals surface area contributed by atoms with Gasteiger partial charge >= 0.3 is 6.29 Å². The fraction of sp³-hybridized carbons (Fsp3) is 0.310. The summed E-state index contributed by atoms with van der Waals surface area (Å²) < 4.78 is 43.9. The lowest BCUT2D eigenvalue weighted by atomic mass is 9.94. The van der Waals surface area contributed by atoms with Gasteiger partial charge in [0.1, 0.15) is 5.82 Å². The van der Waals surface area contributed by atoms with E-state index >= 15 is 0 Å². The van der Waals surface area contributed by atoms with E-state index in [2.05, 4.69) is 42.7 Å². The van der Waals surface area contributed by atoms with E-state index in [-0.39, 0.29) is 36.5 Å². The topological polar surface area (TPSA) is 167 Å². The number of hydrogen-bond donors (Lipinski definition) is 3. The van der Waals surface area contributed by atoms with Crippen molar-refractivity contribution < 1.29 is 32.6 Å². The first kappa shape index (κ1) is 40.9. The van der Waals surface area contributed by atoms with Crippen molar-refractivity contribution in [1.29, 1.82) is 0 Å². The molecule has 8 rings (SSSR count). The molecule has 3 aromatic heterocycles. The van der Waals surface area contributed by atoms with Gasteiger partial charge in [0, 0.05) is 35.0 Å². The molecule has 3 N–H and O–H groups in total. The summed E-state index contributed by atoms with van der Waals surface area (Å²) in [7, 11) is 0. The minimum atomic E-state index is -3.75. The van der Waals surface area contributed by atoms with E-state index in [9.17, 15) is 18.4 Å². The van der Waals surface area contributed by atoms with Crippen LogP contribution in [0.1, 0.15) is 53.2 Å². The van der Waals surface area contributed by atoms with Crippen LogP contribution in [0.4, 0.5) is 20.4 Å². The molecule has 0 unspecified atom stereocenters. The molecule has 1 fully saturated rings. The monoisotopic (exact) mass is 855 g/mol. The maximum absolute atomic E-state index is 13.6. The van der Waals surface area contributed by atoms with Gasteiger partial charge in [-0.3, -0.25) is 9.59 Å². The molecule has 3 aromatic carbocycles. The number of pyridine rings is 1. The van der Waals surface area contributed by atoms with Crippen LogP contribution >= 0.6 is 23.4 Å². The Hall–Kier alpha value is -5.91. The second kappa shape index (κ2) is 17.4. The van der Waals surface area contributed by atoms with E-state index in [4.69, 9.17) is 31.3 Å². The van der Waals surface area contributed by atoms with Crippen molar-refractivity contribution in [2.75, 3.05) is 42.7 Å². The summed E-state index contributed by atoms with van der Waals surface area (Å²) in [5.74, 6) is 0.988. The number of aryl methyl sites for hydroxylation is 1. The van der Waals surface area contributed by atoms with Gasteiger partial charge in [0.15, 0.2) is 33.6 Å². The smallest absolute Gasteiger partial charge is 0.395 e. The van der Waals surface area contributed by atoms with Crippen molar-refractivity contribution in [3.05, 3.63) is 106 Å². The van der Waals surface area contributed by atoms with Gasteiger partial charge in [0.05, 0.1) is 30.9 Å². The Balaban J connectivity index is 0.834. The lowest BCUT2D eigenvalue weighted by molar-refractivity contribution is -0.286. The molecule has 1 aliphatic heterocycles. The first-order valence-corrected chi connectivity index (χ1v) is 20.7. The second-order valence-corrected chi connectivity index (χ2v) is 15.9. The highest BCUT2D eigenvalue weighted by Crippen LogP contribution is 2.52. The molecule has 310 valence electrons. The predicted octanol–water partition coefficient (Wildman–Crippen LogP) is 7.65. The number of rotatable bonds is 17. The summed E-state index contributed by atoms with van der Waals surface area (Å²) >= 11 is 7.63. The molecule has 18 heteroatoms. The summed E-state index contributed by atoms with van der Waals surface area (Å²) in [4.78, 5) is 40.9. The fourth-order valence-electron chi connectivity index (χ4n) is 6.72. The van der Waals surface area contributed by atoms with Crippen molar-refractivity contribution in [3.8, 4) is 22.8 Å². The van der Waals surface area contributed by atoms with Gasteiger partial charge in [-0.25, -0.2) is 19.6 Å². The number of nitrogens with zero attached hydrogens (tertiary/aromatic N) is 6. The van der Waals surface area contributed by atoms with Gasteiger partial charge in [-0.15, -0.1) is 13.9 Å². The van der Waals surface area contributed by atoms with Crippen LogP contribution in [0.15, 0.2) is 84.0 Å². The molecular formula is C42H40ClF2N9O5S. The third-order valence-corrected chi connectivity index (χ3v) is 11.3. The SMILES string of the molecule is CCCSc1nc(NCCOCCNC(=O)c2cccc(-c3nc(NC(=O)C4(c5ccc6c(c5)OC(F)(F)O6)CC4)ccc3C)c2)c2nnn(Cc3ccc(Cl)cc3)c2n1. The number of benzene rings is 3. The number of thioether (sulfide) groups is 1. The van der Waals surface area contributed by atoms with Crippen LogP contribution < -0.4 is 25.4 Å². The number of fused-ring (bicyclic) bond motifs is 2. The Labute approximate surface area is 352 Å². The van der Waals surface area contributed by atoms with Crippen LogP contribution in [0.2, 0.25) is 5.02 Å². The average molecular weight is 856 g/mol. The molecule has 0 saturated heterocycles. The molecule has 6 aromatic rings. The molecule has 4 heterocycles. The van der Waals surface area contributed by atoms with Gasteiger partial charge in [-0.2, -0.15) is 0 Å². The van der Waals surface area contributed by atoms with Crippen molar-refractivity contribution >= 4 is 58.0 Å². The van der Waals surface area contributed by atoms with Gasteiger partial charge in [-0.1, -0.05) is 71.9 Å². The van der Waals surface area contributed by atoms with Crippen molar-refractivity contribution in [3.63, 3.8) is 0 Å². The highest BCUT2D eigenvalue weighted by Gasteiger charge is 2.53. The number of anilines is 2. The summed E-state index contributed by atoms with van der Waals surface area (Å²) in [6.07, 6.45) is -1.69. The third-order valence-electron chi connectivity index (χ3n) is 9.97. The van der Waals surface area contributed by atoms with Gasteiger partial charge in [-0.05, 0) is 85.3 Å². The van der Waals surface area contributed by atoms with E-state index in [0.717, 1.165) is 23.3 Å². The van der Waals surface area contributed by atoms with E-state index in [1.807, 2.05) is 43.3 Å². The maximum atomic E-state index is 13.6. The second-order valence-electron chi connectivity index (χ2n) is 14.4. The van der Waals surface area contributed by atoms with Crippen LogP contribution in [0.5, 0.6) is 11.5 Å². The van der Waals surface area contributed by atoms with Crippen molar-refractivity contribution in [2.24, 2.45) is 0 Å². The number of nitrogens with one attached hydrogen (secondary N) is 3. The Bertz CT molecular complexity index is 2560. The summed E-state index contributed by atoms with van der Waals surface area (Å²) in [5.41, 5.74) is 4.41. The minimum Gasteiger partial charge on any atom is -0.395 e. The first-order valence-electron chi connectivity index (χ1n) is 19.4. The minimum absolute atomic E-state index is 0.0792. The number of amides is 2. The molecule has 0 radical (unpaired) electrons. The zero-order chi connectivity index (χ0) is 41.9. The van der Waals surface area contributed by atoms with Gasteiger partial charge in [0.2, 0.25) is 5.91 Å². The largest absolute Gasteiger partial charge is 0.586 e. The lowest BCUT2D eigenvalue weighted by Gasteiger charge is -2.17. The van der Waals surface area contributed by atoms with E-state index < -0.39 is 11.7 Å². The number of carbonyl (C=O) groups excluding carboxylic acids is 2. The molecule has 2 aliphatic rings.